The highest BCUT2D eigenvalue weighted by Gasteiger charge is 2.21. The minimum Gasteiger partial charge on any atom is -0.313 e. The van der Waals surface area contributed by atoms with Crippen LogP contribution >= 0.6 is 11.3 Å². The molecular formula is C16H22N2S. The monoisotopic (exact) mass is 274 g/mol. The number of benzene rings is 1. The van der Waals surface area contributed by atoms with E-state index in [1.165, 1.54) is 22.1 Å². The van der Waals surface area contributed by atoms with Crippen molar-refractivity contribution in [1.82, 2.24) is 10.2 Å². The second kappa shape index (κ2) is 5.61. The van der Waals surface area contributed by atoms with Crippen LogP contribution in [0.25, 0.3) is 10.1 Å². The Hall–Kier alpha value is -0.900. The first-order chi connectivity index (χ1) is 9.24. The van der Waals surface area contributed by atoms with Gasteiger partial charge in [-0.05, 0) is 49.2 Å². The van der Waals surface area contributed by atoms with Gasteiger partial charge in [-0.1, -0.05) is 18.2 Å². The largest absolute Gasteiger partial charge is 0.313 e. The average Bonchev–Trinajstić information content (AvgIpc) is 2.73. The summed E-state index contributed by atoms with van der Waals surface area (Å²) in [7, 11) is 0. The molecule has 1 N–H and O–H groups in total. The maximum absolute atomic E-state index is 3.58. The summed E-state index contributed by atoms with van der Waals surface area (Å²) < 4.78 is 1.41. The molecule has 2 aromatic rings. The van der Waals surface area contributed by atoms with Crippen LogP contribution in [0.1, 0.15) is 25.8 Å². The maximum atomic E-state index is 3.58. The van der Waals surface area contributed by atoms with Crippen molar-refractivity contribution >= 4 is 21.4 Å². The van der Waals surface area contributed by atoms with Crippen LogP contribution in [0.2, 0.25) is 0 Å². The molecular weight excluding hydrogens is 252 g/mol. The predicted molar refractivity (Wildman–Crippen MR) is 83.8 cm³/mol. The second-order valence-electron chi connectivity index (χ2n) is 5.68. The molecule has 3 rings (SSSR count). The fourth-order valence-electron chi connectivity index (χ4n) is 2.91. The Bertz CT molecular complexity index is 548. The number of nitrogens with one attached hydrogen (secondary N) is 1. The molecule has 0 radical (unpaired) electrons. The lowest BCUT2D eigenvalue weighted by Gasteiger charge is -2.27. The highest BCUT2D eigenvalue weighted by atomic mass is 32.1. The molecule has 1 saturated heterocycles. The van der Waals surface area contributed by atoms with Gasteiger partial charge < -0.3 is 5.32 Å². The molecule has 0 amide bonds. The minimum atomic E-state index is 0.592. The van der Waals surface area contributed by atoms with Crippen molar-refractivity contribution < 1.29 is 0 Å². The summed E-state index contributed by atoms with van der Waals surface area (Å²) in [4.78, 5) is 2.62. The third kappa shape index (κ3) is 2.83. The van der Waals surface area contributed by atoms with Gasteiger partial charge in [0.25, 0.3) is 0 Å². The van der Waals surface area contributed by atoms with Crippen LogP contribution in [0.5, 0.6) is 0 Å². The van der Waals surface area contributed by atoms with Gasteiger partial charge in [0.2, 0.25) is 0 Å². The van der Waals surface area contributed by atoms with Crippen molar-refractivity contribution in [3.63, 3.8) is 0 Å². The molecule has 1 aliphatic rings. The fourth-order valence-corrected chi connectivity index (χ4v) is 3.87. The van der Waals surface area contributed by atoms with Crippen molar-refractivity contribution in [2.75, 3.05) is 13.1 Å². The van der Waals surface area contributed by atoms with E-state index in [0.717, 1.165) is 19.6 Å². The number of thiophene rings is 1. The molecule has 2 unspecified atom stereocenters. The molecule has 0 bridgehead atoms. The Labute approximate surface area is 119 Å². The zero-order chi connectivity index (χ0) is 13.2. The van der Waals surface area contributed by atoms with Gasteiger partial charge in [-0.2, -0.15) is 0 Å². The normalized spacial score (nSPS) is 25.6. The van der Waals surface area contributed by atoms with Crippen molar-refractivity contribution in [2.24, 2.45) is 0 Å². The molecule has 3 heteroatoms. The number of hydrogen-bond acceptors (Lipinski definition) is 3. The zero-order valence-electron chi connectivity index (χ0n) is 11.7. The summed E-state index contributed by atoms with van der Waals surface area (Å²) in [5, 5.41) is 7.35. The Balaban J connectivity index is 1.83. The third-order valence-corrected chi connectivity index (χ3v) is 5.13. The van der Waals surface area contributed by atoms with Crippen molar-refractivity contribution in [3.05, 3.63) is 35.2 Å². The molecule has 102 valence electrons. The topological polar surface area (TPSA) is 15.3 Å². The zero-order valence-corrected chi connectivity index (χ0v) is 12.5. The molecule has 2 heterocycles. The average molecular weight is 274 g/mol. The van der Waals surface area contributed by atoms with Crippen molar-refractivity contribution in [2.45, 2.75) is 38.9 Å². The van der Waals surface area contributed by atoms with E-state index in [1.54, 1.807) is 0 Å². The summed E-state index contributed by atoms with van der Waals surface area (Å²) in [5.74, 6) is 0. The van der Waals surface area contributed by atoms with Crippen LogP contribution in [-0.2, 0) is 6.54 Å². The van der Waals surface area contributed by atoms with E-state index in [9.17, 15) is 0 Å². The first-order valence-corrected chi connectivity index (χ1v) is 8.04. The lowest BCUT2D eigenvalue weighted by molar-refractivity contribution is 0.200. The fraction of sp³-hybridized carbons (Fsp3) is 0.500. The molecule has 1 aromatic heterocycles. The minimum absolute atomic E-state index is 0.592. The molecule has 2 nitrogen and oxygen atoms in total. The van der Waals surface area contributed by atoms with Gasteiger partial charge in [0, 0.05) is 29.9 Å². The van der Waals surface area contributed by atoms with Crippen LogP contribution in [0.15, 0.2) is 29.6 Å². The maximum Gasteiger partial charge on any atom is 0.0346 e. The Morgan fingerprint density at radius 1 is 1.32 bits per heavy atom. The van der Waals surface area contributed by atoms with Gasteiger partial charge >= 0.3 is 0 Å². The summed E-state index contributed by atoms with van der Waals surface area (Å²) in [6.07, 6.45) is 1.24. The standard InChI is InChI=1S/C16H22N2S/c1-12-9-18(13(2)7-8-17-12)10-14-11-19-16-6-4-3-5-15(14)16/h3-6,11-13,17H,7-10H2,1-2H3. The summed E-state index contributed by atoms with van der Waals surface area (Å²) in [6, 6.07) is 10.0. The van der Waals surface area contributed by atoms with Gasteiger partial charge in [-0.15, -0.1) is 11.3 Å². The molecule has 1 aliphatic heterocycles. The van der Waals surface area contributed by atoms with Gasteiger partial charge in [0.15, 0.2) is 0 Å². The SMILES string of the molecule is CC1CN(Cc2csc3ccccc23)C(C)CCN1. The van der Waals surface area contributed by atoms with Crippen LogP contribution in [-0.4, -0.2) is 30.1 Å². The van der Waals surface area contributed by atoms with Crippen LogP contribution < -0.4 is 5.32 Å². The molecule has 0 saturated carbocycles. The molecule has 1 fully saturated rings. The Morgan fingerprint density at radius 2 is 2.16 bits per heavy atom. The lowest BCUT2D eigenvalue weighted by atomic mass is 10.1. The van der Waals surface area contributed by atoms with E-state index in [0.29, 0.717) is 12.1 Å². The van der Waals surface area contributed by atoms with Crippen molar-refractivity contribution in [1.29, 1.82) is 0 Å². The first-order valence-electron chi connectivity index (χ1n) is 7.16. The first kappa shape index (κ1) is 13.1. The van der Waals surface area contributed by atoms with Crippen LogP contribution in [0.4, 0.5) is 0 Å². The Kier molecular flexibility index (Phi) is 3.87. The van der Waals surface area contributed by atoms with Gasteiger partial charge in [0.05, 0.1) is 0 Å². The van der Waals surface area contributed by atoms with Gasteiger partial charge in [0.1, 0.15) is 0 Å². The summed E-state index contributed by atoms with van der Waals surface area (Å²) >= 11 is 1.87. The van der Waals surface area contributed by atoms with Gasteiger partial charge in [-0.3, -0.25) is 4.90 Å². The second-order valence-corrected chi connectivity index (χ2v) is 6.59. The number of nitrogens with zero attached hydrogens (tertiary/aromatic N) is 1. The van der Waals surface area contributed by atoms with E-state index in [1.807, 2.05) is 11.3 Å². The van der Waals surface area contributed by atoms with Gasteiger partial charge in [-0.25, -0.2) is 0 Å². The number of fused-ring (bicyclic) bond motifs is 1. The highest BCUT2D eigenvalue weighted by molar-refractivity contribution is 7.17. The summed E-state index contributed by atoms with van der Waals surface area (Å²) in [6.45, 7) is 8.01. The van der Waals surface area contributed by atoms with E-state index in [4.69, 9.17) is 0 Å². The van der Waals surface area contributed by atoms with Crippen molar-refractivity contribution in [3.8, 4) is 0 Å². The predicted octanol–water partition coefficient (Wildman–Crippen LogP) is 3.47. The lowest BCUT2D eigenvalue weighted by Crippen LogP contribution is -2.37. The van der Waals surface area contributed by atoms with E-state index in [2.05, 4.69) is 53.7 Å². The quantitative estimate of drug-likeness (QED) is 0.902. The molecule has 2 atom stereocenters. The van der Waals surface area contributed by atoms with E-state index < -0.39 is 0 Å². The molecule has 0 spiro atoms. The molecule has 0 aliphatic carbocycles. The number of rotatable bonds is 2. The molecule has 1 aromatic carbocycles. The van der Waals surface area contributed by atoms with E-state index >= 15 is 0 Å². The van der Waals surface area contributed by atoms with E-state index in [-0.39, 0.29) is 0 Å². The smallest absolute Gasteiger partial charge is 0.0346 e. The van der Waals surface area contributed by atoms with Crippen LogP contribution in [0.3, 0.4) is 0 Å². The number of hydrogen-bond donors (Lipinski definition) is 1. The Morgan fingerprint density at radius 3 is 3.05 bits per heavy atom. The summed E-state index contributed by atoms with van der Waals surface area (Å²) in [5.41, 5.74) is 1.49. The highest BCUT2D eigenvalue weighted by Crippen LogP contribution is 2.27. The molecule has 19 heavy (non-hydrogen) atoms. The van der Waals surface area contributed by atoms with Crippen LogP contribution in [0, 0.1) is 0 Å². The third-order valence-electron chi connectivity index (χ3n) is 4.12.